The Morgan fingerprint density at radius 3 is 2.44 bits per heavy atom. The van der Waals surface area contributed by atoms with Crippen LogP contribution in [0.4, 0.5) is 4.39 Å². The number of halogens is 2. The van der Waals surface area contributed by atoms with Crippen molar-refractivity contribution in [3.63, 3.8) is 0 Å². The molecule has 0 aliphatic carbocycles. The van der Waals surface area contributed by atoms with Gasteiger partial charge in [0.1, 0.15) is 5.82 Å². The number of sulfonamides is 1. The van der Waals surface area contributed by atoms with Gasteiger partial charge in [0.15, 0.2) is 0 Å². The molecule has 0 amide bonds. The van der Waals surface area contributed by atoms with Crippen LogP contribution < -0.4 is 0 Å². The summed E-state index contributed by atoms with van der Waals surface area (Å²) >= 11 is 2.98. The van der Waals surface area contributed by atoms with Crippen molar-refractivity contribution in [2.45, 2.75) is 4.90 Å². The molecular formula is C10H11BrFNO3S2. The number of nitrogens with zero attached hydrogens (tertiary/aromatic N) is 1. The average Bonchev–Trinajstić information content (AvgIpc) is 2.33. The maximum Gasteiger partial charge on any atom is 0.243 e. The van der Waals surface area contributed by atoms with E-state index in [1.165, 1.54) is 16.4 Å². The molecular weight excluding hydrogens is 345 g/mol. The van der Waals surface area contributed by atoms with Crippen molar-refractivity contribution in [1.82, 2.24) is 4.31 Å². The summed E-state index contributed by atoms with van der Waals surface area (Å²) < 4.78 is 50.4. The quantitative estimate of drug-likeness (QED) is 0.804. The van der Waals surface area contributed by atoms with Crippen LogP contribution in [0.25, 0.3) is 0 Å². The first-order chi connectivity index (χ1) is 8.41. The highest BCUT2D eigenvalue weighted by Gasteiger charge is 2.28. The minimum absolute atomic E-state index is 0.0733. The van der Waals surface area contributed by atoms with Crippen molar-refractivity contribution in [3.8, 4) is 0 Å². The SMILES string of the molecule is O=S1CCN(S(=O)(=O)c2ccc(Br)c(F)c2)CC1. The van der Waals surface area contributed by atoms with Crippen LogP contribution in [0.1, 0.15) is 0 Å². The molecule has 1 heterocycles. The fourth-order valence-corrected chi connectivity index (χ4v) is 4.63. The van der Waals surface area contributed by atoms with Crippen LogP contribution >= 0.6 is 15.9 Å². The Labute approximate surface area is 116 Å². The molecule has 2 rings (SSSR count). The summed E-state index contributed by atoms with van der Waals surface area (Å²) in [6.45, 7) is 0.430. The van der Waals surface area contributed by atoms with Crippen LogP contribution in [0.5, 0.6) is 0 Å². The van der Waals surface area contributed by atoms with E-state index >= 15 is 0 Å². The van der Waals surface area contributed by atoms with E-state index in [0.717, 1.165) is 6.07 Å². The summed E-state index contributed by atoms with van der Waals surface area (Å²) in [5.41, 5.74) is 0. The Kier molecular flexibility index (Phi) is 4.20. The minimum atomic E-state index is -3.69. The van der Waals surface area contributed by atoms with Gasteiger partial charge < -0.3 is 0 Å². The molecule has 1 fully saturated rings. The normalized spacial score (nSPS) is 19.0. The maximum atomic E-state index is 13.4. The van der Waals surface area contributed by atoms with Crippen LogP contribution in [-0.2, 0) is 20.8 Å². The molecule has 1 saturated heterocycles. The Morgan fingerprint density at radius 2 is 1.89 bits per heavy atom. The zero-order chi connectivity index (χ0) is 13.3. The first-order valence-electron chi connectivity index (χ1n) is 5.21. The van der Waals surface area contributed by atoms with E-state index in [4.69, 9.17) is 0 Å². The van der Waals surface area contributed by atoms with Crippen molar-refractivity contribution >= 4 is 36.8 Å². The monoisotopic (exact) mass is 355 g/mol. The topological polar surface area (TPSA) is 54.5 Å². The summed E-state index contributed by atoms with van der Waals surface area (Å²) in [4.78, 5) is -0.0733. The van der Waals surface area contributed by atoms with E-state index in [9.17, 15) is 17.0 Å². The average molecular weight is 356 g/mol. The standard InChI is InChI=1S/C10H11BrFNO3S2/c11-9-2-1-8(7-10(9)12)18(15,16)13-3-5-17(14)6-4-13/h1-2,7H,3-6H2. The third kappa shape index (κ3) is 2.81. The molecule has 100 valence electrons. The first kappa shape index (κ1) is 14.1. The molecule has 0 atom stereocenters. The van der Waals surface area contributed by atoms with Gasteiger partial charge in [-0.2, -0.15) is 4.31 Å². The van der Waals surface area contributed by atoms with Gasteiger partial charge in [-0.1, -0.05) is 0 Å². The summed E-state index contributed by atoms with van der Waals surface area (Å²) in [5, 5.41) is 0. The van der Waals surface area contributed by atoms with Gasteiger partial charge >= 0.3 is 0 Å². The molecule has 0 unspecified atom stereocenters. The second-order valence-corrected chi connectivity index (χ2v) is 8.32. The lowest BCUT2D eigenvalue weighted by atomic mass is 10.3. The van der Waals surface area contributed by atoms with Crippen LogP contribution in [0.3, 0.4) is 0 Å². The minimum Gasteiger partial charge on any atom is -0.259 e. The van der Waals surface area contributed by atoms with Gasteiger partial charge in [-0.05, 0) is 34.1 Å². The fraction of sp³-hybridized carbons (Fsp3) is 0.400. The van der Waals surface area contributed by atoms with Gasteiger partial charge in [0, 0.05) is 35.4 Å². The Balaban J connectivity index is 2.30. The van der Waals surface area contributed by atoms with Gasteiger partial charge in [0.05, 0.1) is 9.37 Å². The van der Waals surface area contributed by atoms with Crippen molar-refractivity contribution < 1.29 is 17.0 Å². The smallest absolute Gasteiger partial charge is 0.243 e. The molecule has 0 bridgehead atoms. The Morgan fingerprint density at radius 1 is 1.28 bits per heavy atom. The summed E-state index contributed by atoms with van der Waals surface area (Å²) in [5.74, 6) is 0.0490. The largest absolute Gasteiger partial charge is 0.259 e. The summed E-state index contributed by atoms with van der Waals surface area (Å²) in [7, 11) is -4.63. The highest BCUT2D eigenvalue weighted by molar-refractivity contribution is 9.10. The van der Waals surface area contributed by atoms with Gasteiger partial charge in [0.2, 0.25) is 10.0 Å². The lowest BCUT2D eigenvalue weighted by Crippen LogP contribution is -2.41. The second kappa shape index (κ2) is 5.36. The molecule has 0 N–H and O–H groups in total. The second-order valence-electron chi connectivity index (χ2n) is 3.83. The van der Waals surface area contributed by atoms with Crippen LogP contribution in [0.15, 0.2) is 27.6 Å². The number of benzene rings is 1. The van der Waals surface area contributed by atoms with E-state index < -0.39 is 26.6 Å². The van der Waals surface area contributed by atoms with Crippen LogP contribution in [0, 0.1) is 5.82 Å². The highest BCUT2D eigenvalue weighted by atomic mass is 79.9. The van der Waals surface area contributed by atoms with Crippen LogP contribution in [-0.4, -0.2) is 41.5 Å². The first-order valence-corrected chi connectivity index (χ1v) is 8.93. The Bertz CT molecular complexity index is 581. The van der Waals surface area contributed by atoms with E-state index in [2.05, 4.69) is 15.9 Å². The third-order valence-electron chi connectivity index (χ3n) is 2.67. The van der Waals surface area contributed by atoms with Gasteiger partial charge in [-0.15, -0.1) is 0 Å². The zero-order valence-corrected chi connectivity index (χ0v) is 12.5. The van der Waals surface area contributed by atoms with Crippen LogP contribution in [0.2, 0.25) is 0 Å². The predicted molar refractivity (Wildman–Crippen MR) is 70.7 cm³/mol. The molecule has 0 aromatic heterocycles. The zero-order valence-electron chi connectivity index (χ0n) is 9.30. The van der Waals surface area contributed by atoms with Crippen molar-refractivity contribution in [1.29, 1.82) is 0 Å². The molecule has 18 heavy (non-hydrogen) atoms. The summed E-state index contributed by atoms with van der Waals surface area (Å²) in [6.07, 6.45) is 0. The van der Waals surface area contributed by atoms with E-state index in [-0.39, 0.29) is 22.5 Å². The number of hydrogen-bond donors (Lipinski definition) is 0. The van der Waals surface area contributed by atoms with Crippen molar-refractivity contribution in [2.24, 2.45) is 0 Å². The molecule has 0 saturated carbocycles. The van der Waals surface area contributed by atoms with Gasteiger partial charge in [-0.3, -0.25) is 4.21 Å². The van der Waals surface area contributed by atoms with Crippen molar-refractivity contribution in [3.05, 3.63) is 28.5 Å². The molecule has 4 nitrogen and oxygen atoms in total. The molecule has 8 heteroatoms. The molecule has 1 aliphatic heterocycles. The van der Waals surface area contributed by atoms with E-state index in [0.29, 0.717) is 11.5 Å². The maximum absolute atomic E-state index is 13.4. The number of hydrogen-bond acceptors (Lipinski definition) is 3. The molecule has 1 aliphatic rings. The van der Waals surface area contributed by atoms with Crippen molar-refractivity contribution in [2.75, 3.05) is 24.6 Å². The molecule has 1 aromatic rings. The molecule has 0 spiro atoms. The van der Waals surface area contributed by atoms with E-state index in [1.807, 2.05) is 0 Å². The molecule has 0 radical (unpaired) electrons. The lowest BCUT2D eigenvalue weighted by Gasteiger charge is -2.25. The highest BCUT2D eigenvalue weighted by Crippen LogP contribution is 2.22. The fourth-order valence-electron chi connectivity index (χ4n) is 1.65. The summed E-state index contributed by atoms with van der Waals surface area (Å²) in [6, 6.07) is 3.71. The predicted octanol–water partition coefficient (Wildman–Crippen LogP) is 1.34. The Hall–Kier alpha value is -0.310. The lowest BCUT2D eigenvalue weighted by molar-refractivity contribution is 0.438. The van der Waals surface area contributed by atoms with E-state index in [1.54, 1.807) is 0 Å². The van der Waals surface area contributed by atoms with Gasteiger partial charge in [-0.25, -0.2) is 12.8 Å². The third-order valence-corrected chi connectivity index (χ3v) is 6.48. The van der Waals surface area contributed by atoms with Gasteiger partial charge in [0.25, 0.3) is 0 Å². The number of rotatable bonds is 2. The molecule has 1 aromatic carbocycles.